The Morgan fingerprint density at radius 1 is 0.459 bits per heavy atom. The number of carboxylic acids is 2. The fourth-order valence-corrected chi connectivity index (χ4v) is 10.1. The number of benzene rings is 4. The maximum Gasteiger partial charge on any atom is 0.317 e. The molecule has 0 aliphatic heterocycles. The first kappa shape index (κ1) is 81.4. The third kappa shape index (κ3) is 31.9. The lowest BCUT2D eigenvalue weighted by molar-refractivity contribution is -0.141. The number of amides is 4. The van der Waals surface area contributed by atoms with Gasteiger partial charge in [0.1, 0.15) is 11.5 Å². The number of sulfonamides is 2. The number of rotatable bonds is 47. The van der Waals surface area contributed by atoms with E-state index in [9.17, 15) is 73.4 Å². The summed E-state index contributed by atoms with van der Waals surface area (Å²) in [4.78, 5) is 81.3. The molecule has 0 heterocycles. The smallest absolute Gasteiger partial charge is 0.317 e. The lowest BCUT2D eigenvalue weighted by atomic mass is 10.1. The van der Waals surface area contributed by atoms with Crippen LogP contribution in [0.15, 0.2) is 104 Å². The minimum absolute atomic E-state index is 0.00373. The first-order valence-corrected chi connectivity index (χ1v) is 32.5. The molecular formula is C60H78F4N12O20S2. The van der Waals surface area contributed by atoms with E-state index in [1.54, 1.807) is 0 Å². The van der Waals surface area contributed by atoms with Gasteiger partial charge in [-0.15, -0.1) is 0 Å². The molecule has 0 fully saturated rings. The summed E-state index contributed by atoms with van der Waals surface area (Å²) < 4.78 is 158. The maximum atomic E-state index is 14.8. The van der Waals surface area contributed by atoms with E-state index >= 15 is 0 Å². The lowest BCUT2D eigenvalue weighted by Crippen LogP contribution is -2.47. The van der Waals surface area contributed by atoms with Crippen LogP contribution in [0.5, 0.6) is 23.0 Å². The Kier molecular flexibility index (Phi) is 35.4. The number of nitrogens with zero attached hydrogens (tertiary/aromatic N) is 4. The van der Waals surface area contributed by atoms with Gasteiger partial charge in [-0.25, -0.2) is 43.8 Å². The molecule has 0 spiro atoms. The number of aliphatic carboxylic acids is 2. The van der Waals surface area contributed by atoms with Crippen LogP contribution in [0.3, 0.4) is 0 Å². The predicted octanol–water partition coefficient (Wildman–Crippen LogP) is 0.596. The highest BCUT2D eigenvalue weighted by Crippen LogP contribution is 2.32. The van der Waals surface area contributed by atoms with Gasteiger partial charge in [0, 0.05) is 50.4 Å². The Balaban J connectivity index is 0.997. The van der Waals surface area contributed by atoms with Crippen LogP contribution >= 0.6 is 0 Å². The van der Waals surface area contributed by atoms with Crippen molar-refractivity contribution < 1.29 is 111 Å². The van der Waals surface area contributed by atoms with Gasteiger partial charge in [0.25, 0.3) is 11.8 Å². The van der Waals surface area contributed by atoms with Crippen LogP contribution in [0.1, 0.15) is 25.0 Å². The van der Waals surface area contributed by atoms with Gasteiger partial charge in [0.05, 0.1) is 115 Å². The molecule has 0 saturated heterocycles. The number of carbonyl (C=O) groups is 6. The Labute approximate surface area is 561 Å². The molecule has 0 unspecified atom stereocenters. The van der Waals surface area contributed by atoms with E-state index in [0.29, 0.717) is 0 Å². The van der Waals surface area contributed by atoms with Crippen LogP contribution < -0.4 is 52.5 Å². The molecule has 0 aliphatic carbocycles. The Morgan fingerprint density at radius 2 is 0.745 bits per heavy atom. The summed E-state index contributed by atoms with van der Waals surface area (Å²) in [5.74, 6) is -12.2. The average molecular weight is 1430 g/mol. The molecule has 32 nitrogen and oxygen atoms in total. The third-order valence-electron chi connectivity index (χ3n) is 12.5. The van der Waals surface area contributed by atoms with Crippen molar-refractivity contribution in [2.75, 3.05) is 145 Å². The highest BCUT2D eigenvalue weighted by atomic mass is 32.2. The molecule has 0 aromatic heterocycles. The summed E-state index contributed by atoms with van der Waals surface area (Å²) in [5, 5.41) is 24.1. The summed E-state index contributed by atoms with van der Waals surface area (Å²) in [6.45, 7) is 1.77. The second kappa shape index (κ2) is 42.6. The summed E-state index contributed by atoms with van der Waals surface area (Å²) in [7, 11) is -8.02. The number of aliphatic imine (C=N–C) groups is 2. The molecule has 0 saturated carbocycles. The fourth-order valence-electron chi connectivity index (χ4n) is 8.05. The van der Waals surface area contributed by atoms with Crippen LogP contribution in [-0.4, -0.2) is 229 Å². The standard InChI is InChI=1S/C60H78F4N12O20S2/c1-39(57(83)73-59(65)66)29-41-31-47(61)55(48(62)32-41)95-43-3-7-45(8-4-43)97(85,86)71-13-19-91-23-27-93-25-21-89-17-11-69-51(77)35-75(37-53(79)80)15-16-76(38-54(81)82)36-52(78)70-12-18-90-22-26-94-28-24-92-20-14-72-98(87,88)46-9-5-44(6-10-46)96-56-49(63)33-42(34-50(56)64)30-40(2)58(84)74-60(67)68/h3-10,29-34,71-72H,11-28,35-38H2,1-2H3,(H,69,77)(H,70,78)(H,79,80)(H,81,82)(H4,65,66,73,83)(H4,67,68,74,84)/b39-29+,40-30+. The van der Waals surface area contributed by atoms with Crippen molar-refractivity contribution in [2.24, 2.45) is 32.9 Å². The van der Waals surface area contributed by atoms with Crippen molar-refractivity contribution in [2.45, 2.75) is 23.6 Å². The second-order valence-electron chi connectivity index (χ2n) is 20.5. The number of carboxylic acid groups (broad SMARTS) is 2. The van der Waals surface area contributed by atoms with Gasteiger partial charge in [-0.2, -0.15) is 9.98 Å². The molecule has 0 aliphatic rings. The Hall–Kier alpha value is -9.06. The van der Waals surface area contributed by atoms with E-state index in [0.717, 1.165) is 24.3 Å². The quantitative estimate of drug-likeness (QED) is 0.00951. The first-order chi connectivity index (χ1) is 46.5. The molecule has 4 rings (SSSR count). The van der Waals surface area contributed by atoms with Crippen molar-refractivity contribution in [3.8, 4) is 23.0 Å². The molecule has 538 valence electrons. The zero-order chi connectivity index (χ0) is 72.2. The highest BCUT2D eigenvalue weighted by Gasteiger charge is 2.22. The van der Waals surface area contributed by atoms with Crippen LogP contribution in [-0.2, 0) is 77.2 Å². The molecule has 4 amide bonds. The predicted molar refractivity (Wildman–Crippen MR) is 344 cm³/mol. The van der Waals surface area contributed by atoms with Gasteiger partial charge in [0.2, 0.25) is 31.9 Å². The zero-order valence-corrected chi connectivity index (χ0v) is 54.9. The Morgan fingerprint density at radius 3 is 1.03 bits per heavy atom. The van der Waals surface area contributed by atoms with E-state index in [4.69, 9.17) is 60.8 Å². The van der Waals surface area contributed by atoms with Gasteiger partial charge in [-0.3, -0.25) is 38.6 Å². The van der Waals surface area contributed by atoms with Crippen LogP contribution in [0, 0.1) is 23.3 Å². The Bertz CT molecular complexity index is 3400. The van der Waals surface area contributed by atoms with E-state index < -0.39 is 115 Å². The van der Waals surface area contributed by atoms with Gasteiger partial charge in [-0.05, 0) is 110 Å². The molecular weight excluding hydrogens is 1350 g/mol. The number of guanidine groups is 2. The molecule has 0 bridgehead atoms. The second-order valence-corrected chi connectivity index (χ2v) is 24.0. The van der Waals surface area contributed by atoms with E-state index in [1.807, 2.05) is 0 Å². The minimum atomic E-state index is -4.01. The van der Waals surface area contributed by atoms with Gasteiger partial charge in [-0.1, -0.05) is 0 Å². The third-order valence-corrected chi connectivity index (χ3v) is 15.5. The minimum Gasteiger partial charge on any atom is -0.480 e. The van der Waals surface area contributed by atoms with Gasteiger partial charge < -0.3 is 81.7 Å². The van der Waals surface area contributed by atoms with Crippen LogP contribution in [0.25, 0.3) is 12.2 Å². The molecule has 4 aromatic rings. The fraction of sp³-hybridized carbons (Fsp3) is 0.400. The summed E-state index contributed by atoms with van der Waals surface area (Å²) in [6, 6.07) is 13.2. The van der Waals surface area contributed by atoms with Crippen LogP contribution in [0.2, 0.25) is 0 Å². The largest absolute Gasteiger partial charge is 0.480 e. The summed E-state index contributed by atoms with van der Waals surface area (Å²) in [6.07, 6.45) is 2.34. The summed E-state index contributed by atoms with van der Waals surface area (Å²) in [5.41, 5.74) is 20.7. The SMILES string of the molecule is C/C(=C\c1cc(F)c(Oc2ccc(S(=O)(=O)NCCOCCOCCOCCNC(=O)CN(CCN(CC(=O)O)CC(=O)NCCOCCOCCOCCNS(=O)(=O)c3ccc(Oc4c(F)cc(/C=C(\C)C(=O)N=C(N)N)cc4F)cc3)CC(=O)O)cc2)c(F)c1)C(=O)N=C(N)N. The molecule has 38 heteroatoms. The van der Waals surface area contributed by atoms with E-state index in [2.05, 4.69) is 30.1 Å². The zero-order valence-electron chi connectivity index (χ0n) is 53.3. The van der Waals surface area contributed by atoms with Crippen molar-refractivity contribution in [3.63, 3.8) is 0 Å². The number of hydrogen-bond acceptors (Lipinski definition) is 20. The van der Waals surface area contributed by atoms with Crippen molar-refractivity contribution in [1.82, 2.24) is 29.9 Å². The number of nitrogens with one attached hydrogen (secondary N) is 4. The number of carbonyl (C=O) groups excluding carboxylic acids is 4. The highest BCUT2D eigenvalue weighted by molar-refractivity contribution is 7.89. The first-order valence-electron chi connectivity index (χ1n) is 29.6. The van der Waals surface area contributed by atoms with Gasteiger partial charge >= 0.3 is 11.9 Å². The normalized spacial score (nSPS) is 11.9. The van der Waals surface area contributed by atoms with E-state index in [1.165, 1.54) is 84.3 Å². The topological polar surface area (TPSA) is 468 Å². The monoisotopic (exact) mass is 1430 g/mol. The molecule has 0 radical (unpaired) electrons. The van der Waals surface area contributed by atoms with Crippen molar-refractivity contribution >= 4 is 79.7 Å². The average Bonchev–Trinajstić information content (AvgIpc) is 0.829. The molecule has 98 heavy (non-hydrogen) atoms. The van der Waals surface area contributed by atoms with Crippen LogP contribution in [0.4, 0.5) is 17.6 Å². The molecule has 4 aromatic carbocycles. The van der Waals surface area contributed by atoms with Crippen molar-refractivity contribution in [3.05, 3.63) is 118 Å². The molecule has 0 atom stereocenters. The van der Waals surface area contributed by atoms with Gasteiger partial charge in [0.15, 0.2) is 46.7 Å². The number of ether oxygens (including phenoxy) is 8. The van der Waals surface area contributed by atoms with E-state index in [-0.39, 0.29) is 175 Å². The lowest BCUT2D eigenvalue weighted by Gasteiger charge is -2.25. The number of halogens is 4. The number of nitrogens with two attached hydrogens (primary N) is 4. The summed E-state index contributed by atoms with van der Waals surface area (Å²) >= 11 is 0. The molecule has 14 N–H and O–H groups in total. The van der Waals surface area contributed by atoms with Crippen molar-refractivity contribution in [1.29, 1.82) is 0 Å². The maximum absolute atomic E-state index is 14.8. The number of hydrogen-bond donors (Lipinski definition) is 10.